The van der Waals surface area contributed by atoms with Crippen LogP contribution >= 0.6 is 0 Å². The lowest BCUT2D eigenvalue weighted by atomic mass is 10.0. The van der Waals surface area contributed by atoms with E-state index in [0.717, 1.165) is 38.5 Å². The average Bonchev–Trinajstić information content (AvgIpc) is 2.84. The van der Waals surface area contributed by atoms with Crippen LogP contribution in [0.2, 0.25) is 0 Å². The van der Waals surface area contributed by atoms with Crippen molar-refractivity contribution in [3.63, 3.8) is 0 Å². The monoisotopic (exact) mass is 501 g/mol. The Balaban J connectivity index is 3.50. The number of ether oxygens (including phenoxy) is 2. The van der Waals surface area contributed by atoms with E-state index in [0.29, 0.717) is 39.2 Å². The molecule has 0 aromatic heterocycles. The topological polar surface area (TPSA) is 140 Å². The highest BCUT2D eigenvalue weighted by Crippen LogP contribution is 2.13. The second kappa shape index (κ2) is 25.4. The molecule has 5 N–H and O–H groups in total. The first-order chi connectivity index (χ1) is 17.0. The van der Waals surface area contributed by atoms with Crippen LogP contribution in [0.25, 0.3) is 0 Å². The molecule has 0 aliphatic rings. The van der Waals surface area contributed by atoms with Gasteiger partial charge in [0.1, 0.15) is 6.04 Å². The van der Waals surface area contributed by atoms with Gasteiger partial charge in [-0.05, 0) is 12.8 Å². The zero-order valence-electron chi connectivity index (χ0n) is 22.0. The maximum atomic E-state index is 12.1. The molecule has 0 aromatic carbocycles. The molecule has 0 aliphatic carbocycles. The van der Waals surface area contributed by atoms with Gasteiger partial charge >= 0.3 is 5.97 Å². The molecule has 0 spiro atoms. The Kier molecular flexibility index (Phi) is 24.1. The number of rotatable bonds is 26. The molecule has 0 heterocycles. The Hall–Kier alpha value is -1.71. The van der Waals surface area contributed by atoms with Crippen LogP contribution in [-0.4, -0.2) is 69.0 Å². The fraction of sp³-hybridized carbons (Fsp3) is 0.885. The van der Waals surface area contributed by atoms with Gasteiger partial charge in [-0.3, -0.25) is 14.4 Å². The molecule has 0 fully saturated rings. The highest BCUT2D eigenvalue weighted by Gasteiger charge is 2.18. The first kappa shape index (κ1) is 33.3. The smallest absolute Gasteiger partial charge is 0.303 e. The van der Waals surface area contributed by atoms with Crippen molar-refractivity contribution < 1.29 is 29.0 Å². The minimum atomic E-state index is -0.710. The van der Waals surface area contributed by atoms with E-state index < -0.39 is 12.0 Å². The molecule has 1 atom stereocenters. The fourth-order valence-electron chi connectivity index (χ4n) is 3.80. The number of amides is 2. The number of hydrogen-bond acceptors (Lipinski definition) is 6. The van der Waals surface area contributed by atoms with E-state index in [2.05, 4.69) is 10.6 Å². The van der Waals surface area contributed by atoms with Crippen LogP contribution in [0.5, 0.6) is 0 Å². The van der Waals surface area contributed by atoms with Crippen LogP contribution < -0.4 is 16.4 Å². The molecular weight excluding hydrogens is 450 g/mol. The molecule has 0 rings (SSSR count). The summed E-state index contributed by atoms with van der Waals surface area (Å²) in [6.45, 7) is 1.80. The summed E-state index contributed by atoms with van der Waals surface area (Å²) in [5.74, 6) is -1.11. The summed E-state index contributed by atoms with van der Waals surface area (Å²) < 4.78 is 10.2. The molecule has 0 saturated heterocycles. The molecule has 9 nitrogen and oxygen atoms in total. The molecule has 0 aromatic rings. The molecule has 9 heteroatoms. The van der Waals surface area contributed by atoms with Crippen LogP contribution in [0.3, 0.4) is 0 Å². The standard InChI is InChI=1S/C26H51N3O6/c1-34-20-21-35-19-18-28-26(33)23(22-27)29-24(30)16-14-12-10-8-6-4-2-3-5-7-9-11-13-15-17-25(31)32/h23H,2-22,27H2,1H3,(H,28,33)(H,29,30)(H,31,32)/t23-/m0/s1. The predicted octanol–water partition coefficient (Wildman–Crippen LogP) is 3.54. The number of methoxy groups -OCH3 is 1. The Morgan fingerprint density at radius 2 is 1.23 bits per heavy atom. The molecule has 0 saturated carbocycles. The number of unbranched alkanes of at least 4 members (excludes halogenated alkanes) is 13. The molecule has 0 radical (unpaired) electrons. The van der Waals surface area contributed by atoms with Crippen molar-refractivity contribution in [3.05, 3.63) is 0 Å². The van der Waals surface area contributed by atoms with E-state index in [1.54, 1.807) is 7.11 Å². The van der Waals surface area contributed by atoms with Crippen molar-refractivity contribution in [2.24, 2.45) is 5.73 Å². The van der Waals surface area contributed by atoms with E-state index in [9.17, 15) is 14.4 Å². The third-order valence-corrected chi connectivity index (χ3v) is 5.91. The van der Waals surface area contributed by atoms with Crippen molar-refractivity contribution >= 4 is 17.8 Å². The maximum Gasteiger partial charge on any atom is 0.303 e. The summed E-state index contributed by atoms with van der Waals surface area (Å²) in [7, 11) is 1.60. The molecular formula is C26H51N3O6. The number of hydrogen-bond donors (Lipinski definition) is 4. The quantitative estimate of drug-likeness (QED) is 0.133. The van der Waals surface area contributed by atoms with Gasteiger partial charge in [-0.15, -0.1) is 0 Å². The lowest BCUT2D eigenvalue weighted by Crippen LogP contribution is -2.51. The SMILES string of the molecule is COCCOCCNC(=O)[C@H](CN)NC(=O)CCCCCCCCCCCCCCCCC(=O)O. The summed E-state index contributed by atoms with van der Waals surface area (Å²) in [5.41, 5.74) is 5.65. The van der Waals surface area contributed by atoms with E-state index >= 15 is 0 Å². The number of carboxylic acids is 1. The van der Waals surface area contributed by atoms with Crippen LogP contribution in [0.1, 0.15) is 103 Å². The molecule has 2 amide bonds. The Morgan fingerprint density at radius 3 is 1.69 bits per heavy atom. The minimum Gasteiger partial charge on any atom is -0.481 e. The number of nitrogens with two attached hydrogens (primary N) is 1. The number of carbonyl (C=O) groups excluding carboxylic acids is 2. The number of aliphatic carboxylic acids is 1. The van der Waals surface area contributed by atoms with Crippen molar-refractivity contribution in [2.75, 3.05) is 40.0 Å². The van der Waals surface area contributed by atoms with Gasteiger partial charge in [-0.1, -0.05) is 77.0 Å². The second-order valence-corrected chi connectivity index (χ2v) is 9.10. The number of carboxylic acid groups (broad SMARTS) is 1. The lowest BCUT2D eigenvalue weighted by Gasteiger charge is -2.16. The van der Waals surface area contributed by atoms with E-state index in [1.165, 1.54) is 51.4 Å². The first-order valence-electron chi connectivity index (χ1n) is 13.6. The molecule has 0 aliphatic heterocycles. The van der Waals surface area contributed by atoms with Gasteiger partial charge in [0.25, 0.3) is 0 Å². The Morgan fingerprint density at radius 1 is 0.743 bits per heavy atom. The number of carbonyl (C=O) groups is 3. The van der Waals surface area contributed by atoms with Crippen molar-refractivity contribution in [1.82, 2.24) is 10.6 Å². The van der Waals surface area contributed by atoms with Crippen molar-refractivity contribution in [1.29, 1.82) is 0 Å². The Labute approximate surface area is 212 Å². The Bertz CT molecular complexity index is 533. The molecule has 206 valence electrons. The molecule has 35 heavy (non-hydrogen) atoms. The maximum absolute atomic E-state index is 12.1. The summed E-state index contributed by atoms with van der Waals surface area (Å²) in [6.07, 6.45) is 16.7. The van der Waals surface area contributed by atoms with Gasteiger partial charge < -0.3 is 30.9 Å². The summed E-state index contributed by atoms with van der Waals surface area (Å²) in [6, 6.07) is -0.710. The average molecular weight is 502 g/mol. The highest BCUT2D eigenvalue weighted by atomic mass is 16.5. The largest absolute Gasteiger partial charge is 0.481 e. The minimum absolute atomic E-state index is 0.0644. The van der Waals surface area contributed by atoms with Gasteiger partial charge in [0.05, 0.1) is 19.8 Å². The van der Waals surface area contributed by atoms with Gasteiger partial charge in [0.2, 0.25) is 11.8 Å². The molecule has 0 bridgehead atoms. The van der Waals surface area contributed by atoms with Crippen LogP contribution in [0.4, 0.5) is 0 Å². The number of nitrogens with one attached hydrogen (secondary N) is 2. The predicted molar refractivity (Wildman–Crippen MR) is 138 cm³/mol. The van der Waals surface area contributed by atoms with Crippen LogP contribution in [0, 0.1) is 0 Å². The first-order valence-corrected chi connectivity index (χ1v) is 13.6. The van der Waals surface area contributed by atoms with Crippen LogP contribution in [-0.2, 0) is 23.9 Å². The van der Waals surface area contributed by atoms with E-state index in [4.69, 9.17) is 20.3 Å². The second-order valence-electron chi connectivity index (χ2n) is 9.10. The molecule has 0 unspecified atom stereocenters. The van der Waals surface area contributed by atoms with Gasteiger partial charge in [0.15, 0.2) is 0 Å². The van der Waals surface area contributed by atoms with Gasteiger partial charge in [-0.25, -0.2) is 0 Å². The van der Waals surface area contributed by atoms with Gasteiger partial charge in [-0.2, -0.15) is 0 Å². The summed E-state index contributed by atoms with van der Waals surface area (Å²) in [4.78, 5) is 34.7. The normalized spacial score (nSPS) is 11.8. The summed E-state index contributed by atoms with van der Waals surface area (Å²) in [5, 5.41) is 14.0. The van der Waals surface area contributed by atoms with Crippen molar-refractivity contribution in [3.8, 4) is 0 Å². The fourth-order valence-corrected chi connectivity index (χ4v) is 3.80. The lowest BCUT2D eigenvalue weighted by molar-refractivity contribution is -0.137. The third kappa shape index (κ3) is 23.8. The van der Waals surface area contributed by atoms with E-state index in [-0.39, 0.29) is 18.4 Å². The third-order valence-electron chi connectivity index (χ3n) is 5.91. The van der Waals surface area contributed by atoms with E-state index in [1.807, 2.05) is 0 Å². The zero-order chi connectivity index (χ0) is 26.0. The highest BCUT2D eigenvalue weighted by molar-refractivity contribution is 5.87. The zero-order valence-corrected chi connectivity index (χ0v) is 22.0. The van der Waals surface area contributed by atoms with Gasteiger partial charge in [0, 0.05) is 33.0 Å². The summed E-state index contributed by atoms with van der Waals surface area (Å²) >= 11 is 0. The van der Waals surface area contributed by atoms with Crippen LogP contribution in [0.15, 0.2) is 0 Å². The van der Waals surface area contributed by atoms with Crippen molar-refractivity contribution in [2.45, 2.75) is 109 Å².